The fourth-order valence-electron chi connectivity index (χ4n) is 4.32. The normalized spacial score (nSPS) is 13.9. The summed E-state index contributed by atoms with van der Waals surface area (Å²) in [7, 11) is 1.67. The summed E-state index contributed by atoms with van der Waals surface area (Å²) in [6.07, 6.45) is 0.681. The second-order valence-corrected chi connectivity index (χ2v) is 8.24. The first-order chi connectivity index (χ1) is 14.9. The number of nitrogens with zero attached hydrogens (tertiary/aromatic N) is 4. The number of hydrogen-bond acceptors (Lipinski definition) is 5. The Kier molecular flexibility index (Phi) is 5.83. The molecule has 0 bridgehead atoms. The van der Waals surface area contributed by atoms with E-state index in [4.69, 9.17) is 9.72 Å². The first-order valence-electron chi connectivity index (χ1n) is 10.7. The molecule has 0 fully saturated rings. The Morgan fingerprint density at radius 2 is 1.77 bits per heavy atom. The molecule has 6 heteroatoms. The van der Waals surface area contributed by atoms with Crippen molar-refractivity contribution in [2.24, 2.45) is 0 Å². The molecule has 0 spiro atoms. The third kappa shape index (κ3) is 4.08. The van der Waals surface area contributed by atoms with Crippen LogP contribution in [0.2, 0.25) is 0 Å². The summed E-state index contributed by atoms with van der Waals surface area (Å²) < 4.78 is 7.10. The third-order valence-electron chi connectivity index (χ3n) is 5.94. The van der Waals surface area contributed by atoms with Crippen LogP contribution in [0.1, 0.15) is 34.9 Å². The van der Waals surface area contributed by atoms with Crippen LogP contribution >= 0.6 is 0 Å². The van der Waals surface area contributed by atoms with Gasteiger partial charge in [0.05, 0.1) is 20.4 Å². The Labute approximate surface area is 183 Å². The first-order valence-corrected chi connectivity index (χ1v) is 10.7. The third-order valence-corrected chi connectivity index (χ3v) is 5.94. The van der Waals surface area contributed by atoms with Crippen molar-refractivity contribution in [2.75, 3.05) is 18.7 Å². The zero-order valence-electron chi connectivity index (χ0n) is 19.0. The van der Waals surface area contributed by atoms with E-state index in [1.54, 1.807) is 7.11 Å². The van der Waals surface area contributed by atoms with Gasteiger partial charge in [-0.1, -0.05) is 36.8 Å². The molecule has 1 aromatic heterocycles. The molecule has 6 nitrogen and oxygen atoms in total. The van der Waals surface area contributed by atoms with Crippen LogP contribution in [0.3, 0.4) is 0 Å². The smallest absolute Gasteiger partial charge is 0.259 e. The highest BCUT2D eigenvalue weighted by Crippen LogP contribution is 2.31. The van der Waals surface area contributed by atoms with E-state index < -0.39 is 0 Å². The van der Waals surface area contributed by atoms with Gasteiger partial charge in [0.1, 0.15) is 5.75 Å². The van der Waals surface area contributed by atoms with Crippen LogP contribution in [-0.4, -0.2) is 28.2 Å². The molecular weight excluding hydrogens is 388 g/mol. The average Bonchev–Trinajstić information content (AvgIpc) is 2.75. The number of methoxy groups -OCH3 is 1. The monoisotopic (exact) mass is 418 g/mol. The van der Waals surface area contributed by atoms with E-state index in [-0.39, 0.29) is 5.56 Å². The van der Waals surface area contributed by atoms with Crippen molar-refractivity contribution in [1.29, 1.82) is 0 Å². The molecule has 0 amide bonds. The van der Waals surface area contributed by atoms with Gasteiger partial charge in [0.2, 0.25) is 5.95 Å². The summed E-state index contributed by atoms with van der Waals surface area (Å²) in [6.45, 7) is 10.1. The predicted octanol–water partition coefficient (Wildman–Crippen LogP) is 4.31. The SMILES string of the molecule is CCc1c(C)nc2n(c1=O)CN(Cc1ccc(OC)cc1)CN2c1ccc(C)cc1C. The van der Waals surface area contributed by atoms with E-state index in [9.17, 15) is 4.79 Å². The van der Waals surface area contributed by atoms with Gasteiger partial charge in [-0.15, -0.1) is 0 Å². The average molecular weight is 419 g/mol. The Balaban J connectivity index is 1.77. The highest BCUT2D eigenvalue weighted by atomic mass is 16.5. The molecule has 0 unspecified atom stereocenters. The summed E-state index contributed by atoms with van der Waals surface area (Å²) in [5, 5.41) is 0. The fourth-order valence-corrected chi connectivity index (χ4v) is 4.32. The quantitative estimate of drug-likeness (QED) is 0.618. The van der Waals surface area contributed by atoms with Crippen molar-refractivity contribution in [3.8, 4) is 5.75 Å². The maximum absolute atomic E-state index is 13.3. The topological polar surface area (TPSA) is 50.6 Å². The van der Waals surface area contributed by atoms with Crippen LogP contribution in [0.25, 0.3) is 0 Å². The van der Waals surface area contributed by atoms with Gasteiger partial charge >= 0.3 is 0 Å². The van der Waals surface area contributed by atoms with Gasteiger partial charge in [-0.2, -0.15) is 0 Å². The van der Waals surface area contributed by atoms with E-state index in [0.717, 1.165) is 35.2 Å². The molecular formula is C25H30N4O2. The van der Waals surface area contributed by atoms with Crippen LogP contribution in [0.4, 0.5) is 11.6 Å². The summed E-state index contributed by atoms with van der Waals surface area (Å²) >= 11 is 0. The molecule has 4 rings (SSSR count). The van der Waals surface area contributed by atoms with Crippen LogP contribution in [0.5, 0.6) is 5.75 Å². The highest BCUT2D eigenvalue weighted by molar-refractivity contribution is 5.63. The van der Waals surface area contributed by atoms with Crippen molar-refractivity contribution in [3.05, 3.63) is 80.8 Å². The second-order valence-electron chi connectivity index (χ2n) is 8.24. The van der Waals surface area contributed by atoms with E-state index in [0.29, 0.717) is 19.8 Å². The lowest BCUT2D eigenvalue weighted by Gasteiger charge is -2.39. The van der Waals surface area contributed by atoms with Gasteiger partial charge in [0.25, 0.3) is 5.56 Å². The van der Waals surface area contributed by atoms with Crippen LogP contribution in [0.15, 0.2) is 47.3 Å². The van der Waals surface area contributed by atoms with Crippen molar-refractivity contribution in [1.82, 2.24) is 14.5 Å². The molecule has 0 saturated heterocycles. The Morgan fingerprint density at radius 1 is 1.03 bits per heavy atom. The van der Waals surface area contributed by atoms with Gasteiger partial charge in [0, 0.05) is 23.5 Å². The van der Waals surface area contributed by atoms with Gasteiger partial charge in [0.15, 0.2) is 0 Å². The summed E-state index contributed by atoms with van der Waals surface area (Å²) in [5.41, 5.74) is 6.30. The maximum atomic E-state index is 13.3. The summed E-state index contributed by atoms with van der Waals surface area (Å²) in [6, 6.07) is 14.5. The minimum Gasteiger partial charge on any atom is -0.497 e. The number of hydrogen-bond donors (Lipinski definition) is 0. The Morgan fingerprint density at radius 3 is 2.42 bits per heavy atom. The van der Waals surface area contributed by atoms with Crippen LogP contribution < -0.4 is 15.2 Å². The minimum atomic E-state index is 0.0548. The van der Waals surface area contributed by atoms with Gasteiger partial charge < -0.3 is 4.74 Å². The molecule has 2 aromatic carbocycles. The molecule has 3 aromatic rings. The zero-order chi connectivity index (χ0) is 22.1. The second kappa shape index (κ2) is 8.55. The molecule has 0 aliphatic carbocycles. The van der Waals surface area contributed by atoms with Crippen LogP contribution in [0, 0.1) is 20.8 Å². The first kappa shape index (κ1) is 21.1. The van der Waals surface area contributed by atoms with E-state index in [2.05, 4.69) is 54.0 Å². The number of fused-ring (bicyclic) bond motifs is 1. The van der Waals surface area contributed by atoms with Crippen molar-refractivity contribution in [3.63, 3.8) is 0 Å². The molecule has 31 heavy (non-hydrogen) atoms. The number of aromatic nitrogens is 2. The maximum Gasteiger partial charge on any atom is 0.259 e. The van der Waals surface area contributed by atoms with Crippen molar-refractivity contribution >= 4 is 11.6 Å². The Hall–Kier alpha value is -3.12. The zero-order valence-corrected chi connectivity index (χ0v) is 19.0. The molecule has 1 aliphatic rings. The lowest BCUT2D eigenvalue weighted by atomic mass is 10.1. The minimum absolute atomic E-state index is 0.0548. The van der Waals surface area contributed by atoms with Gasteiger partial charge in [-0.3, -0.25) is 19.2 Å². The van der Waals surface area contributed by atoms with Crippen molar-refractivity contribution < 1.29 is 4.74 Å². The van der Waals surface area contributed by atoms with Gasteiger partial charge in [-0.25, -0.2) is 4.98 Å². The number of anilines is 2. The molecule has 0 radical (unpaired) electrons. The predicted molar refractivity (Wildman–Crippen MR) is 124 cm³/mol. The van der Waals surface area contributed by atoms with Crippen LogP contribution in [-0.2, 0) is 19.6 Å². The number of aryl methyl sites for hydroxylation is 3. The lowest BCUT2D eigenvalue weighted by molar-refractivity contribution is 0.189. The summed E-state index contributed by atoms with van der Waals surface area (Å²) in [4.78, 5) is 22.6. The van der Waals surface area contributed by atoms with E-state index >= 15 is 0 Å². The molecule has 0 atom stereocenters. The highest BCUT2D eigenvalue weighted by Gasteiger charge is 2.28. The molecule has 0 saturated carbocycles. The van der Waals surface area contributed by atoms with E-state index in [1.807, 2.05) is 30.5 Å². The Bertz CT molecular complexity index is 1150. The van der Waals surface area contributed by atoms with Crippen molar-refractivity contribution in [2.45, 2.75) is 47.3 Å². The fraction of sp³-hybridized carbons (Fsp3) is 0.360. The number of benzene rings is 2. The molecule has 2 heterocycles. The van der Waals surface area contributed by atoms with Gasteiger partial charge in [-0.05, 0) is 56.5 Å². The number of rotatable bonds is 5. The standard InChI is InChI=1S/C25H30N4O2/c1-6-22-19(4)26-25-28(23-12-7-17(2)13-18(23)3)15-27(16-29(25)24(22)30)14-20-8-10-21(31-5)11-9-20/h7-13H,6,14-16H2,1-5H3. The largest absolute Gasteiger partial charge is 0.497 e. The molecule has 162 valence electrons. The summed E-state index contributed by atoms with van der Waals surface area (Å²) in [5.74, 6) is 1.56. The number of ether oxygens (including phenoxy) is 1. The molecule has 1 aliphatic heterocycles. The lowest BCUT2D eigenvalue weighted by Crippen LogP contribution is -2.47. The van der Waals surface area contributed by atoms with E-state index in [1.165, 1.54) is 16.7 Å². The molecule has 0 N–H and O–H groups in total.